The van der Waals surface area contributed by atoms with Crippen LogP contribution >= 0.6 is 0 Å². The summed E-state index contributed by atoms with van der Waals surface area (Å²) in [4.78, 5) is 9.62. The summed E-state index contributed by atoms with van der Waals surface area (Å²) in [5.74, 6) is -0.0933. The third-order valence-electron chi connectivity index (χ3n) is 1.29. The van der Waals surface area contributed by atoms with E-state index < -0.39 is 4.92 Å². The highest BCUT2D eigenvalue weighted by atomic mass is 16.6. The predicted molar refractivity (Wildman–Crippen MR) is 38.6 cm³/mol. The van der Waals surface area contributed by atoms with E-state index >= 15 is 0 Å². The summed E-state index contributed by atoms with van der Waals surface area (Å²) in [7, 11) is 1.27. The van der Waals surface area contributed by atoms with E-state index in [4.69, 9.17) is 0 Å². The molecule has 0 aliphatic heterocycles. The third-order valence-corrected chi connectivity index (χ3v) is 1.29. The smallest absolute Gasteiger partial charge is 0.386 e. The number of rotatable bonds is 2. The highest BCUT2D eigenvalue weighted by Crippen LogP contribution is 2.13. The van der Waals surface area contributed by atoms with Crippen LogP contribution in [0.5, 0.6) is 5.88 Å². The fourth-order valence-corrected chi connectivity index (χ4v) is 0.718. The zero-order valence-electron chi connectivity index (χ0n) is 6.26. The molecule has 0 amide bonds. The lowest BCUT2D eigenvalue weighted by Gasteiger charge is -2.00. The second-order valence-electron chi connectivity index (χ2n) is 2.01. The van der Waals surface area contributed by atoms with Crippen LogP contribution in [0.4, 0.5) is 5.69 Å². The molecule has 0 atom stereocenters. The first-order valence-corrected chi connectivity index (χ1v) is 3.06. The number of nitrogens with zero attached hydrogens (tertiary/aromatic N) is 2. The molecule has 0 radical (unpaired) electrons. The van der Waals surface area contributed by atoms with Crippen molar-refractivity contribution in [3.8, 4) is 5.88 Å². The maximum atomic E-state index is 10.8. The zero-order valence-corrected chi connectivity index (χ0v) is 6.26. The van der Waals surface area contributed by atoms with E-state index in [1.54, 1.807) is 0 Å². The van der Waals surface area contributed by atoms with E-state index in [0.29, 0.717) is 4.73 Å². The molecule has 6 heteroatoms. The molecule has 64 valence electrons. The maximum absolute atomic E-state index is 10.8. The predicted octanol–water partition coefficient (Wildman–Crippen LogP) is 0.237. The van der Waals surface area contributed by atoms with Gasteiger partial charge in [0.25, 0.3) is 5.69 Å². The van der Waals surface area contributed by atoms with Gasteiger partial charge < -0.3 is 9.94 Å². The highest BCUT2D eigenvalue weighted by Gasteiger charge is 2.13. The molecule has 1 heterocycles. The number of methoxy groups -OCH3 is 1. The van der Waals surface area contributed by atoms with Crippen LogP contribution < -0.4 is 9.47 Å². The molecule has 0 saturated heterocycles. The summed E-state index contributed by atoms with van der Waals surface area (Å²) in [6.45, 7) is 0. The summed E-state index contributed by atoms with van der Waals surface area (Å²) in [6.07, 6.45) is 1.02. The molecule has 0 saturated carbocycles. The molecule has 0 spiro atoms. The van der Waals surface area contributed by atoms with Crippen molar-refractivity contribution in [2.24, 2.45) is 0 Å². The van der Waals surface area contributed by atoms with Crippen LogP contribution in [-0.2, 0) is 0 Å². The van der Waals surface area contributed by atoms with Crippen molar-refractivity contribution >= 4 is 5.69 Å². The SMILES string of the molecule is COc1cc([N+](=O)[O-])cc[n+]1[O-]. The largest absolute Gasteiger partial charge is 0.616 e. The van der Waals surface area contributed by atoms with Crippen LogP contribution in [0.3, 0.4) is 0 Å². The van der Waals surface area contributed by atoms with Crippen molar-refractivity contribution in [2.75, 3.05) is 7.11 Å². The lowest BCUT2D eigenvalue weighted by Crippen LogP contribution is -2.27. The highest BCUT2D eigenvalue weighted by molar-refractivity contribution is 5.29. The summed E-state index contributed by atoms with van der Waals surface area (Å²) in [6, 6.07) is 2.17. The third kappa shape index (κ3) is 1.42. The fraction of sp³-hybridized carbons (Fsp3) is 0.167. The van der Waals surface area contributed by atoms with Crippen molar-refractivity contribution in [3.63, 3.8) is 0 Å². The van der Waals surface area contributed by atoms with Crippen LogP contribution in [0.1, 0.15) is 0 Å². The normalized spacial score (nSPS) is 9.42. The van der Waals surface area contributed by atoms with Crippen LogP contribution in [0.15, 0.2) is 18.3 Å². The second kappa shape index (κ2) is 3.04. The molecule has 0 N–H and O–H groups in total. The van der Waals surface area contributed by atoms with Crippen molar-refractivity contribution in [2.45, 2.75) is 0 Å². The van der Waals surface area contributed by atoms with Crippen LogP contribution in [0.25, 0.3) is 0 Å². The van der Waals surface area contributed by atoms with E-state index in [0.717, 1.165) is 18.3 Å². The monoisotopic (exact) mass is 170 g/mol. The van der Waals surface area contributed by atoms with E-state index in [2.05, 4.69) is 4.74 Å². The minimum Gasteiger partial charge on any atom is -0.616 e. The van der Waals surface area contributed by atoms with Crippen LogP contribution in [-0.4, -0.2) is 12.0 Å². The van der Waals surface area contributed by atoms with Gasteiger partial charge in [-0.3, -0.25) is 10.1 Å². The summed E-state index contributed by atoms with van der Waals surface area (Å²) >= 11 is 0. The summed E-state index contributed by atoms with van der Waals surface area (Å²) < 4.78 is 4.99. The Bertz CT molecular complexity index is 312. The van der Waals surface area contributed by atoms with Crippen molar-refractivity contribution in [1.82, 2.24) is 0 Å². The van der Waals surface area contributed by atoms with Gasteiger partial charge in [-0.05, 0) is 0 Å². The van der Waals surface area contributed by atoms with E-state index in [-0.39, 0.29) is 11.6 Å². The Morgan fingerprint density at radius 1 is 1.67 bits per heavy atom. The van der Waals surface area contributed by atoms with Gasteiger partial charge in [0.15, 0.2) is 6.20 Å². The van der Waals surface area contributed by atoms with Gasteiger partial charge in [0.1, 0.15) is 6.07 Å². The van der Waals surface area contributed by atoms with Gasteiger partial charge >= 0.3 is 5.88 Å². The Labute approximate surface area is 67.7 Å². The molecule has 0 unspecified atom stereocenters. The first-order valence-electron chi connectivity index (χ1n) is 3.06. The Hall–Kier alpha value is -1.85. The Kier molecular flexibility index (Phi) is 2.09. The standard InChI is InChI=1S/C6H6N2O4/c1-12-6-4-5(8(10)11)2-3-7(6)9/h2-4H,1H3. The molecule has 0 aromatic carbocycles. The molecular weight excluding hydrogens is 164 g/mol. The number of hydrogen-bond acceptors (Lipinski definition) is 4. The molecule has 0 bridgehead atoms. The van der Waals surface area contributed by atoms with Gasteiger partial charge in [0.2, 0.25) is 0 Å². The fourth-order valence-electron chi connectivity index (χ4n) is 0.718. The molecule has 1 rings (SSSR count). The van der Waals surface area contributed by atoms with Gasteiger partial charge in [-0.1, -0.05) is 0 Å². The van der Waals surface area contributed by atoms with Gasteiger partial charge in [-0.2, -0.15) is 0 Å². The number of ether oxygens (including phenoxy) is 1. The molecule has 1 aromatic heterocycles. The lowest BCUT2D eigenvalue weighted by atomic mass is 10.4. The van der Waals surface area contributed by atoms with E-state index in [1.807, 2.05) is 0 Å². The average molecular weight is 170 g/mol. The van der Waals surface area contributed by atoms with Gasteiger partial charge in [0.05, 0.1) is 18.1 Å². The quantitative estimate of drug-likeness (QED) is 0.275. The first kappa shape index (κ1) is 8.25. The zero-order chi connectivity index (χ0) is 9.14. The average Bonchev–Trinajstić information content (AvgIpc) is 2.05. The van der Waals surface area contributed by atoms with E-state index in [9.17, 15) is 15.3 Å². The van der Waals surface area contributed by atoms with E-state index in [1.165, 1.54) is 7.11 Å². The molecular formula is C6H6N2O4. The molecule has 0 aliphatic rings. The molecule has 1 aromatic rings. The van der Waals surface area contributed by atoms with Gasteiger partial charge in [-0.15, -0.1) is 4.73 Å². The molecule has 12 heavy (non-hydrogen) atoms. The Balaban J connectivity index is 3.13. The van der Waals surface area contributed by atoms with Gasteiger partial charge in [-0.25, -0.2) is 0 Å². The lowest BCUT2D eigenvalue weighted by molar-refractivity contribution is -0.612. The van der Waals surface area contributed by atoms with Crippen LogP contribution in [0.2, 0.25) is 0 Å². The topological polar surface area (TPSA) is 79.3 Å². The van der Waals surface area contributed by atoms with Crippen LogP contribution in [0, 0.1) is 15.3 Å². The number of pyridine rings is 1. The summed E-state index contributed by atoms with van der Waals surface area (Å²) in [5.41, 5.74) is -0.168. The minimum atomic E-state index is -0.595. The van der Waals surface area contributed by atoms with Crippen molar-refractivity contribution in [1.29, 1.82) is 0 Å². The Morgan fingerprint density at radius 2 is 2.33 bits per heavy atom. The minimum absolute atomic E-state index is 0.0933. The number of hydrogen-bond donors (Lipinski definition) is 0. The number of aromatic nitrogens is 1. The first-order chi connectivity index (χ1) is 5.65. The molecule has 0 aliphatic carbocycles. The van der Waals surface area contributed by atoms with Crippen molar-refractivity contribution < 1.29 is 14.4 Å². The van der Waals surface area contributed by atoms with Gasteiger partial charge in [0, 0.05) is 0 Å². The summed E-state index contributed by atoms with van der Waals surface area (Å²) in [5, 5.41) is 21.0. The second-order valence-corrected chi connectivity index (χ2v) is 2.01. The molecule has 6 nitrogen and oxygen atoms in total. The Morgan fingerprint density at radius 3 is 2.83 bits per heavy atom. The number of nitro groups is 1. The van der Waals surface area contributed by atoms with Crippen molar-refractivity contribution in [3.05, 3.63) is 33.7 Å². The molecule has 0 fully saturated rings. The maximum Gasteiger partial charge on any atom is 0.386 e.